The Morgan fingerprint density at radius 3 is 2.31 bits per heavy atom. The Balaban J connectivity index is 1.75. The van der Waals surface area contributed by atoms with E-state index in [0.717, 1.165) is 32.8 Å². The van der Waals surface area contributed by atoms with Gasteiger partial charge in [0.2, 0.25) is 0 Å². The minimum atomic E-state index is 0.0671. The summed E-state index contributed by atoms with van der Waals surface area (Å²) in [4.78, 5) is 0. The van der Waals surface area contributed by atoms with E-state index >= 15 is 0 Å². The van der Waals surface area contributed by atoms with Crippen LogP contribution in [-0.4, -0.2) is 16.6 Å². The monoisotopic (exact) mass is 418 g/mol. The maximum absolute atomic E-state index is 6.05. The number of thioether (sulfide) groups is 1. The van der Waals surface area contributed by atoms with Crippen molar-refractivity contribution in [3.8, 4) is 0 Å². The highest BCUT2D eigenvalue weighted by molar-refractivity contribution is 7.99. The van der Waals surface area contributed by atoms with Crippen molar-refractivity contribution in [3.63, 3.8) is 0 Å². The van der Waals surface area contributed by atoms with Crippen molar-refractivity contribution in [1.29, 1.82) is 0 Å². The van der Waals surface area contributed by atoms with Gasteiger partial charge in [0.25, 0.3) is 0 Å². The summed E-state index contributed by atoms with van der Waals surface area (Å²) in [5.41, 5.74) is 6.01. The Morgan fingerprint density at radius 1 is 0.962 bits per heavy atom. The lowest BCUT2D eigenvalue weighted by molar-refractivity contribution is 0.694. The molecule has 0 radical (unpaired) electrons. The van der Waals surface area contributed by atoms with Crippen LogP contribution in [0.4, 0.5) is 0 Å². The highest BCUT2D eigenvalue weighted by Gasteiger charge is 2.30. The Hall–Kier alpha value is -1.46. The van der Waals surface area contributed by atoms with Crippen LogP contribution in [0.1, 0.15) is 17.2 Å². The Labute approximate surface area is 172 Å². The van der Waals surface area contributed by atoms with E-state index in [2.05, 4.69) is 28.8 Å². The molecular formula is C20H16Cl2N2S2. The van der Waals surface area contributed by atoms with Gasteiger partial charge in [-0.2, -0.15) is 11.8 Å². The molecule has 0 fully saturated rings. The Kier molecular flexibility index (Phi) is 5.28. The molecule has 0 unspecified atom stereocenters. The van der Waals surface area contributed by atoms with E-state index in [-0.39, 0.29) is 6.04 Å². The van der Waals surface area contributed by atoms with Crippen LogP contribution in [0.15, 0.2) is 65.4 Å². The van der Waals surface area contributed by atoms with Gasteiger partial charge in [0.15, 0.2) is 5.11 Å². The van der Waals surface area contributed by atoms with Crippen molar-refractivity contribution in [2.45, 2.75) is 6.04 Å². The summed E-state index contributed by atoms with van der Waals surface area (Å²) in [6.45, 7) is 0. The van der Waals surface area contributed by atoms with Gasteiger partial charge in [0, 0.05) is 27.2 Å². The second-order valence-electron chi connectivity index (χ2n) is 6.20. The summed E-state index contributed by atoms with van der Waals surface area (Å²) in [5, 5.41) is 8.91. The molecular weight excluding hydrogens is 403 g/mol. The minimum absolute atomic E-state index is 0.0671. The summed E-state index contributed by atoms with van der Waals surface area (Å²) >= 11 is 19.4. The molecule has 2 N–H and O–H groups in total. The first-order chi connectivity index (χ1) is 12.6. The number of thiocarbonyl (C=S) groups is 1. The topological polar surface area (TPSA) is 24.1 Å². The number of allylic oxidation sites excluding steroid dienone is 1. The first-order valence-corrected chi connectivity index (χ1v) is 10.5. The smallest absolute Gasteiger partial charge is 0.171 e. The fourth-order valence-electron chi connectivity index (χ4n) is 3.19. The third kappa shape index (κ3) is 3.79. The van der Waals surface area contributed by atoms with Crippen molar-refractivity contribution < 1.29 is 0 Å². The zero-order chi connectivity index (χ0) is 18.1. The average molecular weight is 419 g/mol. The van der Waals surface area contributed by atoms with Gasteiger partial charge in [-0.3, -0.25) is 0 Å². The lowest BCUT2D eigenvalue weighted by Crippen LogP contribution is -2.45. The van der Waals surface area contributed by atoms with Gasteiger partial charge in [-0.1, -0.05) is 47.5 Å². The van der Waals surface area contributed by atoms with Crippen molar-refractivity contribution in [2.24, 2.45) is 0 Å². The van der Waals surface area contributed by atoms with Crippen LogP contribution in [0.3, 0.4) is 0 Å². The van der Waals surface area contributed by atoms with Crippen LogP contribution in [-0.2, 0) is 0 Å². The van der Waals surface area contributed by atoms with Crippen LogP contribution in [0.2, 0.25) is 10.0 Å². The van der Waals surface area contributed by atoms with Gasteiger partial charge in [-0.05, 0) is 64.8 Å². The first kappa shape index (κ1) is 17.9. The molecule has 6 heteroatoms. The molecule has 2 nitrogen and oxygen atoms in total. The van der Waals surface area contributed by atoms with Gasteiger partial charge >= 0.3 is 0 Å². The number of benzene rings is 2. The maximum Gasteiger partial charge on any atom is 0.171 e. The van der Waals surface area contributed by atoms with Crippen LogP contribution < -0.4 is 10.6 Å². The fourth-order valence-corrected chi connectivity index (χ4v) is 4.74. The predicted octanol–water partition coefficient (Wildman–Crippen LogP) is 5.60. The van der Waals surface area contributed by atoms with Crippen molar-refractivity contribution in [3.05, 3.63) is 86.5 Å². The van der Waals surface area contributed by atoms with Gasteiger partial charge in [-0.25, -0.2) is 0 Å². The molecule has 2 aliphatic rings. The molecule has 4 rings (SSSR count). The second kappa shape index (κ2) is 7.65. The summed E-state index contributed by atoms with van der Waals surface area (Å²) in [7, 11) is 0. The molecule has 1 atom stereocenters. The quantitative estimate of drug-likeness (QED) is 0.619. The molecule has 132 valence electrons. The van der Waals surface area contributed by atoms with Gasteiger partial charge in [0.1, 0.15) is 0 Å². The van der Waals surface area contributed by atoms with Crippen LogP contribution in [0, 0.1) is 0 Å². The molecule has 0 saturated heterocycles. The number of hydrogen-bond donors (Lipinski definition) is 2. The molecule has 0 bridgehead atoms. The average Bonchev–Trinajstić information content (AvgIpc) is 2.64. The molecule has 2 heterocycles. The summed E-state index contributed by atoms with van der Waals surface area (Å²) in [6, 6.07) is 15.9. The van der Waals surface area contributed by atoms with Crippen molar-refractivity contribution in [2.75, 3.05) is 11.5 Å². The lowest BCUT2D eigenvalue weighted by Gasteiger charge is -2.35. The van der Waals surface area contributed by atoms with Crippen LogP contribution in [0.5, 0.6) is 0 Å². The zero-order valence-corrected chi connectivity index (χ0v) is 16.9. The second-order valence-corrected chi connectivity index (χ2v) is 8.46. The third-order valence-corrected chi connectivity index (χ3v) is 6.19. The van der Waals surface area contributed by atoms with Gasteiger partial charge in [-0.15, -0.1) is 0 Å². The van der Waals surface area contributed by atoms with E-state index in [0.29, 0.717) is 5.11 Å². The third-order valence-electron chi connectivity index (χ3n) is 4.43. The van der Waals surface area contributed by atoms with E-state index in [9.17, 15) is 0 Å². The number of nitrogens with one attached hydrogen (secondary N) is 2. The van der Waals surface area contributed by atoms with E-state index in [1.54, 1.807) is 0 Å². The highest BCUT2D eigenvalue weighted by atomic mass is 35.5. The molecule has 2 aromatic carbocycles. The Bertz CT molecular complexity index is 902. The number of hydrogen-bond acceptors (Lipinski definition) is 2. The summed E-state index contributed by atoms with van der Waals surface area (Å²) < 4.78 is 0. The van der Waals surface area contributed by atoms with Gasteiger partial charge < -0.3 is 10.6 Å². The van der Waals surface area contributed by atoms with E-state index < -0.39 is 0 Å². The van der Waals surface area contributed by atoms with E-state index in [1.165, 1.54) is 16.7 Å². The van der Waals surface area contributed by atoms with Crippen LogP contribution >= 0.6 is 47.2 Å². The molecule has 0 amide bonds. The zero-order valence-electron chi connectivity index (χ0n) is 13.8. The molecule has 0 spiro atoms. The van der Waals surface area contributed by atoms with E-state index in [4.69, 9.17) is 35.4 Å². The summed E-state index contributed by atoms with van der Waals surface area (Å²) in [6.07, 6.45) is 2.21. The van der Waals surface area contributed by atoms with Gasteiger partial charge in [0.05, 0.1) is 6.04 Å². The standard InChI is InChI=1S/C20H16Cl2N2S2/c21-15-5-1-12(2-6-15)9-14-10-26-11-17-18(23-20(25)24-19(14)17)13-3-7-16(22)8-4-13/h1-9,18H,10-11H2,(H2,23,24,25)/b14-9+/t18-/m0/s1. The largest absolute Gasteiger partial charge is 0.352 e. The summed E-state index contributed by atoms with van der Waals surface area (Å²) in [5.74, 6) is 1.91. The van der Waals surface area contributed by atoms with Crippen molar-refractivity contribution >= 4 is 58.4 Å². The van der Waals surface area contributed by atoms with E-state index in [1.807, 2.05) is 48.2 Å². The Morgan fingerprint density at radius 2 is 1.62 bits per heavy atom. The molecule has 2 aromatic rings. The lowest BCUT2D eigenvalue weighted by atomic mass is 9.93. The fraction of sp³-hybridized carbons (Fsp3) is 0.150. The molecule has 0 saturated carbocycles. The number of rotatable bonds is 2. The van der Waals surface area contributed by atoms with Crippen molar-refractivity contribution in [1.82, 2.24) is 10.6 Å². The molecule has 2 aliphatic heterocycles. The molecule has 26 heavy (non-hydrogen) atoms. The number of halogens is 2. The maximum atomic E-state index is 6.05. The SMILES string of the molecule is S=C1NC2=C(CSC/C2=C\c2ccc(Cl)cc2)[C@H](c2ccc(Cl)cc2)N1. The molecule has 0 aliphatic carbocycles. The normalized spacial score (nSPS) is 21.2. The highest BCUT2D eigenvalue weighted by Crippen LogP contribution is 2.37. The predicted molar refractivity (Wildman–Crippen MR) is 117 cm³/mol. The van der Waals surface area contributed by atoms with Crippen LogP contribution in [0.25, 0.3) is 6.08 Å². The molecule has 0 aromatic heterocycles. The minimum Gasteiger partial charge on any atom is -0.352 e. The first-order valence-electron chi connectivity index (χ1n) is 8.20.